The van der Waals surface area contributed by atoms with Crippen LogP contribution >= 0.6 is 22.7 Å². The number of nitrogen functional groups attached to an aromatic ring is 1. The number of hydrogen-bond acceptors (Lipinski definition) is 5. The molecule has 6 heteroatoms. The van der Waals surface area contributed by atoms with Gasteiger partial charge in [0.05, 0.1) is 11.4 Å². The third kappa shape index (κ3) is 2.17. The molecular formula is C14H13N3OS2. The molecule has 0 atom stereocenters. The summed E-state index contributed by atoms with van der Waals surface area (Å²) in [5.41, 5.74) is 9.24. The first-order chi connectivity index (χ1) is 9.56. The SMILES string of the molecule is Cc1cc2sc(C(=O)Nc3ccsc3)c(N)c2c(C)n1. The Morgan fingerprint density at radius 1 is 1.40 bits per heavy atom. The minimum absolute atomic E-state index is 0.167. The van der Waals surface area contributed by atoms with Crippen molar-refractivity contribution in [1.29, 1.82) is 0 Å². The van der Waals surface area contributed by atoms with Crippen molar-refractivity contribution in [2.45, 2.75) is 13.8 Å². The minimum atomic E-state index is -0.167. The van der Waals surface area contributed by atoms with Crippen LogP contribution in [0.25, 0.3) is 10.1 Å². The summed E-state index contributed by atoms with van der Waals surface area (Å²) < 4.78 is 1.00. The van der Waals surface area contributed by atoms with E-state index in [1.807, 2.05) is 36.7 Å². The van der Waals surface area contributed by atoms with Gasteiger partial charge < -0.3 is 11.1 Å². The Bertz CT molecular complexity index is 790. The maximum Gasteiger partial charge on any atom is 0.267 e. The van der Waals surface area contributed by atoms with Gasteiger partial charge in [-0.05, 0) is 31.4 Å². The van der Waals surface area contributed by atoms with Crippen LogP contribution in [0.3, 0.4) is 0 Å². The predicted molar refractivity (Wildman–Crippen MR) is 85.8 cm³/mol. The Hall–Kier alpha value is -1.92. The number of nitrogens with one attached hydrogen (secondary N) is 1. The molecule has 4 nitrogen and oxygen atoms in total. The number of pyridine rings is 1. The molecule has 3 N–H and O–H groups in total. The van der Waals surface area contributed by atoms with E-state index in [2.05, 4.69) is 10.3 Å². The first kappa shape index (κ1) is 13.1. The summed E-state index contributed by atoms with van der Waals surface area (Å²) in [5, 5.41) is 7.55. The molecule has 0 fully saturated rings. The van der Waals surface area contributed by atoms with Crippen LogP contribution in [-0.4, -0.2) is 10.9 Å². The van der Waals surface area contributed by atoms with Gasteiger partial charge in [0.2, 0.25) is 0 Å². The van der Waals surface area contributed by atoms with Gasteiger partial charge in [0.25, 0.3) is 5.91 Å². The molecule has 0 radical (unpaired) electrons. The lowest BCUT2D eigenvalue weighted by atomic mass is 10.2. The topological polar surface area (TPSA) is 68.0 Å². The van der Waals surface area contributed by atoms with Gasteiger partial charge in [0.1, 0.15) is 4.88 Å². The maximum absolute atomic E-state index is 12.3. The van der Waals surface area contributed by atoms with Gasteiger partial charge >= 0.3 is 0 Å². The van der Waals surface area contributed by atoms with Crippen LogP contribution in [-0.2, 0) is 0 Å². The Labute approximate surface area is 124 Å². The van der Waals surface area contributed by atoms with Crippen LogP contribution in [0, 0.1) is 13.8 Å². The molecule has 0 aliphatic carbocycles. The average molecular weight is 303 g/mol. The van der Waals surface area contributed by atoms with E-state index in [-0.39, 0.29) is 5.91 Å². The van der Waals surface area contributed by atoms with E-state index in [1.54, 1.807) is 0 Å². The number of rotatable bonds is 2. The minimum Gasteiger partial charge on any atom is -0.397 e. The average Bonchev–Trinajstić information content (AvgIpc) is 2.97. The van der Waals surface area contributed by atoms with Gasteiger partial charge in [-0.15, -0.1) is 11.3 Å². The lowest BCUT2D eigenvalue weighted by molar-refractivity contribution is 0.103. The number of nitrogens with zero attached hydrogens (tertiary/aromatic N) is 1. The number of carbonyl (C=O) groups is 1. The van der Waals surface area contributed by atoms with Crippen LogP contribution in [0.15, 0.2) is 22.9 Å². The number of nitrogens with two attached hydrogens (primary N) is 1. The molecule has 0 bridgehead atoms. The zero-order chi connectivity index (χ0) is 14.3. The summed E-state index contributed by atoms with van der Waals surface area (Å²) in [5.74, 6) is -0.167. The molecule has 0 aromatic carbocycles. The summed E-state index contributed by atoms with van der Waals surface area (Å²) in [7, 11) is 0. The fourth-order valence-corrected chi connectivity index (χ4v) is 3.92. The zero-order valence-corrected chi connectivity index (χ0v) is 12.7. The molecule has 3 aromatic heterocycles. The molecule has 1 amide bonds. The lowest BCUT2D eigenvalue weighted by Crippen LogP contribution is -2.11. The highest BCUT2D eigenvalue weighted by Crippen LogP contribution is 2.36. The van der Waals surface area contributed by atoms with E-state index in [1.165, 1.54) is 22.7 Å². The highest BCUT2D eigenvalue weighted by Gasteiger charge is 2.18. The zero-order valence-electron chi connectivity index (χ0n) is 11.1. The van der Waals surface area contributed by atoms with Crippen LogP contribution < -0.4 is 11.1 Å². The Kier molecular flexibility index (Phi) is 3.19. The fraction of sp³-hybridized carbons (Fsp3) is 0.143. The number of hydrogen-bond donors (Lipinski definition) is 2. The van der Waals surface area contributed by atoms with Crippen molar-refractivity contribution in [3.63, 3.8) is 0 Å². The maximum atomic E-state index is 12.3. The van der Waals surface area contributed by atoms with Gasteiger partial charge in [-0.1, -0.05) is 0 Å². The van der Waals surface area contributed by atoms with Crippen LogP contribution in [0.4, 0.5) is 11.4 Å². The van der Waals surface area contributed by atoms with Crippen molar-refractivity contribution in [2.24, 2.45) is 0 Å². The second-order valence-corrected chi connectivity index (χ2v) is 6.37. The van der Waals surface area contributed by atoms with Crippen LogP contribution in [0.1, 0.15) is 21.1 Å². The molecule has 0 saturated carbocycles. The number of anilines is 2. The molecule has 102 valence electrons. The molecule has 0 aliphatic rings. The number of amides is 1. The monoisotopic (exact) mass is 303 g/mol. The first-order valence-electron chi connectivity index (χ1n) is 6.06. The van der Waals surface area contributed by atoms with Gasteiger partial charge in [-0.2, -0.15) is 11.3 Å². The van der Waals surface area contributed by atoms with Crippen molar-refractivity contribution >= 4 is 50.0 Å². The number of thiophene rings is 2. The molecule has 0 aliphatic heterocycles. The number of carbonyl (C=O) groups excluding carboxylic acids is 1. The van der Waals surface area contributed by atoms with Gasteiger partial charge in [-0.25, -0.2) is 0 Å². The summed E-state index contributed by atoms with van der Waals surface area (Å²) in [6, 6.07) is 3.83. The van der Waals surface area contributed by atoms with Gasteiger partial charge in [0, 0.05) is 26.9 Å². The van der Waals surface area contributed by atoms with Crippen LogP contribution in [0.5, 0.6) is 0 Å². The van der Waals surface area contributed by atoms with E-state index >= 15 is 0 Å². The predicted octanol–water partition coefficient (Wildman–Crippen LogP) is 3.81. The standard InChI is InChI=1S/C14H13N3OS2/c1-7-5-10-11(8(2)16-7)12(15)13(20-10)14(18)17-9-3-4-19-6-9/h3-6H,15H2,1-2H3,(H,17,18). The quantitative estimate of drug-likeness (QED) is 0.756. The second-order valence-electron chi connectivity index (χ2n) is 4.53. The molecule has 3 heterocycles. The molecule has 20 heavy (non-hydrogen) atoms. The summed E-state index contributed by atoms with van der Waals surface area (Å²) in [4.78, 5) is 17.3. The Balaban J connectivity index is 2.06. The molecule has 0 spiro atoms. The molecule has 3 rings (SSSR count). The van der Waals surface area contributed by atoms with E-state index in [0.29, 0.717) is 10.6 Å². The molecular weight excluding hydrogens is 290 g/mol. The van der Waals surface area contributed by atoms with Crippen molar-refractivity contribution in [2.75, 3.05) is 11.1 Å². The fourth-order valence-electron chi connectivity index (χ4n) is 2.17. The smallest absolute Gasteiger partial charge is 0.267 e. The lowest BCUT2D eigenvalue weighted by Gasteiger charge is -2.02. The first-order valence-corrected chi connectivity index (χ1v) is 7.82. The highest BCUT2D eigenvalue weighted by atomic mass is 32.1. The summed E-state index contributed by atoms with van der Waals surface area (Å²) >= 11 is 2.95. The van der Waals surface area contributed by atoms with Crippen molar-refractivity contribution in [3.05, 3.63) is 39.2 Å². The van der Waals surface area contributed by atoms with Crippen LogP contribution in [0.2, 0.25) is 0 Å². The van der Waals surface area contributed by atoms with E-state index in [0.717, 1.165) is 27.2 Å². The largest absolute Gasteiger partial charge is 0.397 e. The van der Waals surface area contributed by atoms with Crippen molar-refractivity contribution in [1.82, 2.24) is 4.98 Å². The summed E-state index contributed by atoms with van der Waals surface area (Å²) in [6.45, 7) is 3.85. The molecule has 3 aromatic rings. The Morgan fingerprint density at radius 2 is 2.20 bits per heavy atom. The van der Waals surface area contributed by atoms with Gasteiger partial charge in [-0.3, -0.25) is 9.78 Å². The normalized spacial score (nSPS) is 10.9. The third-order valence-electron chi connectivity index (χ3n) is 3.00. The number of aryl methyl sites for hydroxylation is 2. The summed E-state index contributed by atoms with van der Waals surface area (Å²) in [6.07, 6.45) is 0. The Morgan fingerprint density at radius 3 is 2.90 bits per heavy atom. The van der Waals surface area contributed by atoms with E-state index in [9.17, 15) is 4.79 Å². The van der Waals surface area contributed by atoms with E-state index < -0.39 is 0 Å². The number of fused-ring (bicyclic) bond motifs is 1. The molecule has 0 unspecified atom stereocenters. The van der Waals surface area contributed by atoms with Crippen molar-refractivity contribution < 1.29 is 4.79 Å². The third-order valence-corrected chi connectivity index (χ3v) is 4.84. The van der Waals surface area contributed by atoms with Gasteiger partial charge in [0.15, 0.2) is 0 Å². The van der Waals surface area contributed by atoms with Crippen molar-refractivity contribution in [3.8, 4) is 0 Å². The highest BCUT2D eigenvalue weighted by molar-refractivity contribution is 7.21. The molecule has 0 saturated heterocycles. The second kappa shape index (κ2) is 4.88. The van der Waals surface area contributed by atoms with E-state index in [4.69, 9.17) is 5.73 Å². The number of aromatic nitrogens is 1.